The van der Waals surface area contributed by atoms with Gasteiger partial charge in [-0.1, -0.05) is 22.0 Å². The van der Waals surface area contributed by atoms with Gasteiger partial charge in [-0.2, -0.15) is 8.78 Å². The van der Waals surface area contributed by atoms with E-state index in [1.165, 1.54) is 4.90 Å². The van der Waals surface area contributed by atoms with E-state index >= 15 is 0 Å². The van der Waals surface area contributed by atoms with Crippen LogP contribution in [0.3, 0.4) is 0 Å². The highest BCUT2D eigenvalue weighted by Crippen LogP contribution is 2.62. The number of amides is 1. The maximum atomic E-state index is 13.3. The van der Waals surface area contributed by atoms with Crippen molar-refractivity contribution in [1.29, 1.82) is 0 Å². The second-order valence-corrected chi connectivity index (χ2v) is 8.31. The third kappa shape index (κ3) is 2.34. The number of aliphatic imine (C=N–C) groups is 1. The van der Waals surface area contributed by atoms with Crippen molar-refractivity contribution in [3.05, 3.63) is 33.8 Å². The first-order valence-corrected chi connectivity index (χ1v) is 9.44. The zero-order valence-corrected chi connectivity index (χ0v) is 15.9. The molecule has 5 nitrogen and oxygen atoms in total. The standard InChI is InChI=1S/C18H20BrF2N3O2/c1-24-14(25)18(23-16(24)22)13-8-11(19)3-2-10(13)9-17(18)6-4-12(5-7-17)26-15(20)21/h2-3,8,12,15H,4-7,9H2,1H3,(H2,22,23). The summed E-state index contributed by atoms with van der Waals surface area (Å²) in [6, 6.07) is 5.90. The van der Waals surface area contributed by atoms with Gasteiger partial charge in [0, 0.05) is 16.9 Å². The summed E-state index contributed by atoms with van der Waals surface area (Å²) in [6.07, 6.45) is 2.35. The highest BCUT2D eigenvalue weighted by molar-refractivity contribution is 9.10. The minimum absolute atomic E-state index is 0.139. The SMILES string of the molecule is CN1C(=O)C2(N=C1N)c1cc(Br)ccc1CC21CCC(OC(F)F)CC1. The van der Waals surface area contributed by atoms with E-state index in [1.54, 1.807) is 7.05 Å². The Bertz CT molecular complexity index is 793. The summed E-state index contributed by atoms with van der Waals surface area (Å²) in [7, 11) is 1.63. The van der Waals surface area contributed by atoms with Crippen molar-refractivity contribution in [2.45, 2.75) is 50.4 Å². The van der Waals surface area contributed by atoms with Crippen molar-refractivity contribution in [3.63, 3.8) is 0 Å². The first-order valence-electron chi connectivity index (χ1n) is 8.65. The van der Waals surface area contributed by atoms with Crippen LogP contribution in [-0.4, -0.2) is 36.5 Å². The van der Waals surface area contributed by atoms with Crippen LogP contribution >= 0.6 is 15.9 Å². The molecule has 1 atom stereocenters. The maximum Gasteiger partial charge on any atom is 0.345 e. The number of hydrogen-bond acceptors (Lipinski definition) is 4. The molecule has 1 aliphatic heterocycles. The fraction of sp³-hybridized carbons (Fsp3) is 0.556. The number of ether oxygens (including phenoxy) is 1. The lowest BCUT2D eigenvalue weighted by Gasteiger charge is -2.45. The van der Waals surface area contributed by atoms with Crippen LogP contribution in [0.25, 0.3) is 0 Å². The Balaban J connectivity index is 1.78. The summed E-state index contributed by atoms with van der Waals surface area (Å²) < 4.78 is 30.7. The molecule has 140 valence electrons. The van der Waals surface area contributed by atoms with Gasteiger partial charge in [0.1, 0.15) is 0 Å². The minimum atomic E-state index is -2.77. The van der Waals surface area contributed by atoms with Crippen molar-refractivity contribution >= 4 is 27.8 Å². The van der Waals surface area contributed by atoms with E-state index < -0.39 is 23.7 Å². The molecule has 1 aromatic carbocycles. The molecule has 0 radical (unpaired) electrons. The van der Waals surface area contributed by atoms with Gasteiger partial charge >= 0.3 is 6.61 Å². The van der Waals surface area contributed by atoms with E-state index in [1.807, 2.05) is 18.2 Å². The van der Waals surface area contributed by atoms with E-state index in [0.717, 1.165) is 15.6 Å². The zero-order chi connectivity index (χ0) is 18.7. The molecule has 8 heteroatoms. The Morgan fingerprint density at radius 2 is 2.08 bits per heavy atom. The number of nitrogens with two attached hydrogens (primary N) is 1. The molecule has 1 heterocycles. The molecule has 1 fully saturated rings. The Morgan fingerprint density at radius 1 is 1.38 bits per heavy atom. The molecule has 2 spiro atoms. The topological polar surface area (TPSA) is 67.9 Å². The first kappa shape index (κ1) is 17.9. The molecule has 26 heavy (non-hydrogen) atoms. The van der Waals surface area contributed by atoms with Crippen LogP contribution in [0.4, 0.5) is 8.78 Å². The van der Waals surface area contributed by atoms with Gasteiger partial charge in [-0.3, -0.25) is 9.69 Å². The van der Waals surface area contributed by atoms with Crippen molar-refractivity contribution in [1.82, 2.24) is 4.90 Å². The molecular formula is C18H20BrF2N3O2. The number of alkyl halides is 2. The molecule has 2 aliphatic carbocycles. The van der Waals surface area contributed by atoms with Gasteiger partial charge in [-0.05, 0) is 55.4 Å². The molecule has 4 rings (SSSR count). The van der Waals surface area contributed by atoms with Crippen molar-refractivity contribution in [3.8, 4) is 0 Å². The van der Waals surface area contributed by atoms with Crippen LogP contribution in [0, 0.1) is 5.41 Å². The summed E-state index contributed by atoms with van der Waals surface area (Å²) >= 11 is 3.49. The van der Waals surface area contributed by atoms with E-state index in [4.69, 9.17) is 10.5 Å². The number of likely N-dealkylation sites (N-methyl/N-ethyl adjacent to an activating group) is 1. The van der Waals surface area contributed by atoms with Gasteiger partial charge in [0.25, 0.3) is 5.91 Å². The Morgan fingerprint density at radius 3 is 2.65 bits per heavy atom. The number of fused-ring (bicyclic) bond motifs is 3. The number of guanidine groups is 1. The fourth-order valence-electron chi connectivity index (χ4n) is 4.94. The molecular weight excluding hydrogens is 408 g/mol. The third-order valence-corrected chi connectivity index (χ3v) is 6.68. The quantitative estimate of drug-likeness (QED) is 0.787. The average Bonchev–Trinajstić information content (AvgIpc) is 2.98. The highest BCUT2D eigenvalue weighted by Gasteiger charge is 2.66. The second kappa shape index (κ2) is 5.99. The summed E-state index contributed by atoms with van der Waals surface area (Å²) in [5, 5.41) is 0. The molecule has 1 aromatic rings. The van der Waals surface area contributed by atoms with E-state index in [-0.39, 0.29) is 11.9 Å². The van der Waals surface area contributed by atoms with Crippen LogP contribution in [0.1, 0.15) is 36.8 Å². The summed E-state index contributed by atoms with van der Waals surface area (Å²) in [4.78, 5) is 19.4. The van der Waals surface area contributed by atoms with Crippen LogP contribution < -0.4 is 5.73 Å². The van der Waals surface area contributed by atoms with Gasteiger partial charge in [0.05, 0.1) is 6.10 Å². The Kier molecular flexibility index (Phi) is 4.11. The number of hydrogen-bond donors (Lipinski definition) is 1. The number of benzene rings is 1. The van der Waals surface area contributed by atoms with E-state index in [9.17, 15) is 13.6 Å². The van der Waals surface area contributed by atoms with E-state index in [0.29, 0.717) is 32.1 Å². The molecule has 0 bridgehead atoms. The summed E-state index contributed by atoms with van der Waals surface area (Å²) in [6.45, 7) is -2.77. The van der Waals surface area contributed by atoms with E-state index in [2.05, 4.69) is 20.9 Å². The molecule has 0 aromatic heterocycles. The number of halogens is 3. The Labute approximate surface area is 158 Å². The molecule has 1 amide bonds. The predicted molar refractivity (Wildman–Crippen MR) is 95.7 cm³/mol. The van der Waals surface area contributed by atoms with Crippen molar-refractivity contribution in [2.24, 2.45) is 16.1 Å². The lowest BCUT2D eigenvalue weighted by molar-refractivity contribution is -0.178. The lowest BCUT2D eigenvalue weighted by atomic mass is 9.61. The minimum Gasteiger partial charge on any atom is -0.369 e. The molecule has 1 unspecified atom stereocenters. The van der Waals surface area contributed by atoms with Crippen molar-refractivity contribution < 1.29 is 18.3 Å². The zero-order valence-electron chi connectivity index (χ0n) is 14.3. The lowest BCUT2D eigenvalue weighted by Crippen LogP contribution is -2.51. The summed E-state index contributed by atoms with van der Waals surface area (Å²) in [5.74, 6) is 0.0632. The van der Waals surface area contributed by atoms with Gasteiger partial charge in [-0.25, -0.2) is 4.99 Å². The fourth-order valence-corrected chi connectivity index (χ4v) is 5.31. The Hall–Kier alpha value is -1.54. The molecule has 1 saturated carbocycles. The van der Waals surface area contributed by atoms with Crippen LogP contribution in [-0.2, 0) is 21.5 Å². The van der Waals surface area contributed by atoms with Crippen LogP contribution in [0.5, 0.6) is 0 Å². The molecule has 3 aliphatic rings. The third-order valence-electron chi connectivity index (χ3n) is 6.18. The van der Waals surface area contributed by atoms with Gasteiger partial charge < -0.3 is 10.5 Å². The normalized spacial score (nSPS) is 33.4. The largest absolute Gasteiger partial charge is 0.369 e. The second-order valence-electron chi connectivity index (χ2n) is 7.40. The van der Waals surface area contributed by atoms with Gasteiger partial charge in [-0.15, -0.1) is 0 Å². The number of carbonyl (C=O) groups excluding carboxylic acids is 1. The smallest absolute Gasteiger partial charge is 0.345 e. The number of rotatable bonds is 2. The molecule has 0 saturated heterocycles. The van der Waals surface area contributed by atoms with Crippen molar-refractivity contribution in [2.75, 3.05) is 7.05 Å². The van der Waals surface area contributed by atoms with Gasteiger partial charge in [0.2, 0.25) is 0 Å². The molecule has 2 N–H and O–H groups in total. The van der Waals surface area contributed by atoms with Crippen LogP contribution in [0.2, 0.25) is 0 Å². The first-order chi connectivity index (χ1) is 12.3. The number of nitrogens with zero attached hydrogens (tertiary/aromatic N) is 2. The van der Waals surface area contributed by atoms with Crippen LogP contribution in [0.15, 0.2) is 27.7 Å². The number of carbonyl (C=O) groups is 1. The van der Waals surface area contributed by atoms with Gasteiger partial charge in [0.15, 0.2) is 11.5 Å². The monoisotopic (exact) mass is 427 g/mol. The predicted octanol–water partition coefficient (Wildman–Crippen LogP) is 3.16. The average molecular weight is 428 g/mol. The highest BCUT2D eigenvalue weighted by atomic mass is 79.9. The summed E-state index contributed by atoms with van der Waals surface area (Å²) in [5.41, 5.74) is 6.44. The maximum absolute atomic E-state index is 13.3.